The minimum atomic E-state index is 0.182. The smallest absolute Gasteiger partial charge is 0.254 e. The fourth-order valence-corrected chi connectivity index (χ4v) is 4.73. The maximum atomic E-state index is 12.6. The van der Waals surface area contributed by atoms with Crippen LogP contribution in [-0.4, -0.2) is 47.0 Å². The summed E-state index contributed by atoms with van der Waals surface area (Å²) in [5.41, 5.74) is 0.828. The summed E-state index contributed by atoms with van der Waals surface area (Å²) < 4.78 is 0. The molecular formula is C17H20N4OS. The zero-order valence-electron chi connectivity index (χ0n) is 13.1. The summed E-state index contributed by atoms with van der Waals surface area (Å²) in [5.74, 6) is 2.24. The Morgan fingerprint density at radius 2 is 2.26 bits per heavy atom. The summed E-state index contributed by atoms with van der Waals surface area (Å²) in [4.78, 5) is 25.5. The SMILES string of the molecule is CN(c1cnccn1)[C@H]1CC[C@@H]2CN(C(=O)c3ccsc3)C[C@@H]21. The Bertz CT molecular complexity index is 675. The molecule has 0 unspecified atom stereocenters. The number of anilines is 1. The second kappa shape index (κ2) is 5.92. The molecule has 120 valence electrons. The highest BCUT2D eigenvalue weighted by Crippen LogP contribution is 2.41. The van der Waals surface area contributed by atoms with Gasteiger partial charge >= 0.3 is 0 Å². The maximum absolute atomic E-state index is 12.6. The van der Waals surface area contributed by atoms with Gasteiger partial charge in [0.1, 0.15) is 5.82 Å². The highest BCUT2D eigenvalue weighted by Gasteiger charge is 2.45. The molecule has 6 heteroatoms. The fraction of sp³-hybridized carbons (Fsp3) is 0.471. The van der Waals surface area contributed by atoms with Crippen molar-refractivity contribution in [1.82, 2.24) is 14.9 Å². The molecule has 23 heavy (non-hydrogen) atoms. The Kier molecular flexibility index (Phi) is 3.77. The van der Waals surface area contributed by atoms with Crippen molar-refractivity contribution >= 4 is 23.1 Å². The lowest BCUT2D eigenvalue weighted by molar-refractivity contribution is 0.0780. The average molecular weight is 328 g/mol. The van der Waals surface area contributed by atoms with E-state index < -0.39 is 0 Å². The molecule has 4 rings (SSSR count). The van der Waals surface area contributed by atoms with Crippen molar-refractivity contribution in [2.24, 2.45) is 11.8 Å². The van der Waals surface area contributed by atoms with Crippen LogP contribution in [0.2, 0.25) is 0 Å². The van der Waals surface area contributed by atoms with E-state index >= 15 is 0 Å². The second-order valence-electron chi connectivity index (χ2n) is 6.47. The number of carbonyl (C=O) groups is 1. The quantitative estimate of drug-likeness (QED) is 0.869. The molecule has 0 radical (unpaired) electrons. The van der Waals surface area contributed by atoms with E-state index in [0.29, 0.717) is 17.9 Å². The Labute approximate surface area is 140 Å². The lowest BCUT2D eigenvalue weighted by Gasteiger charge is -2.30. The van der Waals surface area contributed by atoms with Crippen LogP contribution in [0.5, 0.6) is 0 Å². The van der Waals surface area contributed by atoms with Crippen molar-refractivity contribution in [3.8, 4) is 0 Å². The van der Waals surface area contributed by atoms with Gasteiger partial charge in [-0.15, -0.1) is 0 Å². The predicted octanol–water partition coefficient (Wildman–Crippen LogP) is 2.53. The van der Waals surface area contributed by atoms with Gasteiger partial charge in [-0.05, 0) is 30.2 Å². The number of likely N-dealkylation sites (tertiary alicyclic amines) is 1. The van der Waals surface area contributed by atoms with Gasteiger partial charge in [0.2, 0.25) is 0 Å². The molecule has 1 saturated carbocycles. The maximum Gasteiger partial charge on any atom is 0.254 e. The van der Waals surface area contributed by atoms with Crippen LogP contribution in [0.4, 0.5) is 5.82 Å². The van der Waals surface area contributed by atoms with Crippen LogP contribution in [0.15, 0.2) is 35.4 Å². The molecular weight excluding hydrogens is 308 g/mol. The molecule has 1 aliphatic carbocycles. The monoisotopic (exact) mass is 328 g/mol. The molecule has 3 heterocycles. The Hall–Kier alpha value is -1.95. The molecule has 3 atom stereocenters. The van der Waals surface area contributed by atoms with Crippen molar-refractivity contribution in [3.63, 3.8) is 0 Å². The Balaban J connectivity index is 1.48. The van der Waals surface area contributed by atoms with E-state index in [-0.39, 0.29) is 5.91 Å². The molecule has 1 saturated heterocycles. The van der Waals surface area contributed by atoms with Gasteiger partial charge < -0.3 is 9.80 Å². The molecule has 0 aromatic carbocycles. The number of rotatable bonds is 3. The minimum Gasteiger partial charge on any atom is -0.355 e. The molecule has 2 aliphatic rings. The molecule has 5 nitrogen and oxygen atoms in total. The first-order valence-corrected chi connectivity index (χ1v) is 8.98. The lowest BCUT2D eigenvalue weighted by atomic mass is 9.97. The Morgan fingerprint density at radius 3 is 3.00 bits per heavy atom. The highest BCUT2D eigenvalue weighted by molar-refractivity contribution is 7.08. The van der Waals surface area contributed by atoms with E-state index in [1.165, 1.54) is 12.8 Å². The van der Waals surface area contributed by atoms with Crippen molar-refractivity contribution in [2.75, 3.05) is 25.0 Å². The third-order valence-corrected chi connectivity index (χ3v) is 5.97. The Morgan fingerprint density at radius 1 is 1.35 bits per heavy atom. The third kappa shape index (κ3) is 2.61. The van der Waals surface area contributed by atoms with Gasteiger partial charge in [-0.25, -0.2) is 4.98 Å². The van der Waals surface area contributed by atoms with Crippen LogP contribution in [0.25, 0.3) is 0 Å². The van der Waals surface area contributed by atoms with Crippen molar-refractivity contribution in [2.45, 2.75) is 18.9 Å². The number of fused-ring (bicyclic) bond motifs is 1. The largest absolute Gasteiger partial charge is 0.355 e. The van der Waals surface area contributed by atoms with Gasteiger partial charge in [-0.2, -0.15) is 11.3 Å². The molecule has 1 aliphatic heterocycles. The summed E-state index contributed by atoms with van der Waals surface area (Å²) in [6, 6.07) is 2.36. The molecule has 0 N–H and O–H groups in total. The number of thiophene rings is 1. The van der Waals surface area contributed by atoms with Crippen LogP contribution in [-0.2, 0) is 0 Å². The second-order valence-corrected chi connectivity index (χ2v) is 7.25. The van der Waals surface area contributed by atoms with E-state index in [9.17, 15) is 4.79 Å². The summed E-state index contributed by atoms with van der Waals surface area (Å²) in [6.07, 6.45) is 7.61. The minimum absolute atomic E-state index is 0.182. The van der Waals surface area contributed by atoms with Gasteiger partial charge in [0.25, 0.3) is 5.91 Å². The normalized spacial score (nSPS) is 26.3. The number of carbonyl (C=O) groups excluding carboxylic acids is 1. The lowest BCUT2D eigenvalue weighted by Crippen LogP contribution is -2.39. The van der Waals surface area contributed by atoms with E-state index in [1.54, 1.807) is 23.7 Å². The first-order valence-electron chi connectivity index (χ1n) is 8.04. The van der Waals surface area contributed by atoms with Crippen molar-refractivity contribution in [1.29, 1.82) is 0 Å². The van der Waals surface area contributed by atoms with E-state index in [2.05, 4.69) is 21.9 Å². The molecule has 2 aromatic rings. The summed E-state index contributed by atoms with van der Waals surface area (Å²) in [6.45, 7) is 1.75. The predicted molar refractivity (Wildman–Crippen MR) is 90.7 cm³/mol. The number of aromatic nitrogens is 2. The molecule has 2 fully saturated rings. The van der Waals surface area contributed by atoms with Crippen LogP contribution >= 0.6 is 11.3 Å². The zero-order chi connectivity index (χ0) is 15.8. The van der Waals surface area contributed by atoms with Gasteiger partial charge in [0.15, 0.2) is 0 Å². The van der Waals surface area contributed by atoms with Gasteiger partial charge in [0, 0.05) is 49.9 Å². The van der Waals surface area contributed by atoms with Crippen LogP contribution in [0, 0.1) is 11.8 Å². The number of hydrogen-bond donors (Lipinski definition) is 0. The van der Waals surface area contributed by atoms with E-state index in [1.807, 2.05) is 27.9 Å². The molecule has 1 amide bonds. The van der Waals surface area contributed by atoms with Crippen molar-refractivity contribution < 1.29 is 4.79 Å². The van der Waals surface area contributed by atoms with E-state index in [4.69, 9.17) is 0 Å². The highest BCUT2D eigenvalue weighted by atomic mass is 32.1. The van der Waals surface area contributed by atoms with Gasteiger partial charge in [-0.1, -0.05) is 0 Å². The number of amides is 1. The summed E-state index contributed by atoms with van der Waals surface area (Å²) >= 11 is 1.58. The first-order chi connectivity index (χ1) is 11.2. The third-order valence-electron chi connectivity index (χ3n) is 5.28. The van der Waals surface area contributed by atoms with Gasteiger partial charge in [-0.3, -0.25) is 9.78 Å². The number of nitrogens with zero attached hydrogens (tertiary/aromatic N) is 4. The standard InChI is InChI=1S/C17H20N4OS/c1-20(16-8-18-5-6-19-16)15-3-2-12-9-21(10-14(12)15)17(22)13-4-7-23-11-13/h4-8,11-12,14-15H,2-3,9-10H2,1H3/t12-,14+,15+/m1/s1. The van der Waals surface area contributed by atoms with E-state index in [0.717, 1.165) is 24.5 Å². The van der Waals surface area contributed by atoms with Gasteiger partial charge in [0.05, 0.1) is 11.8 Å². The first kappa shape index (κ1) is 14.6. The molecule has 2 aromatic heterocycles. The van der Waals surface area contributed by atoms with Crippen molar-refractivity contribution in [3.05, 3.63) is 41.0 Å². The van der Waals surface area contributed by atoms with Crippen LogP contribution < -0.4 is 4.90 Å². The summed E-state index contributed by atoms with van der Waals surface area (Å²) in [7, 11) is 2.10. The molecule has 0 spiro atoms. The fourth-order valence-electron chi connectivity index (χ4n) is 4.10. The number of hydrogen-bond acceptors (Lipinski definition) is 5. The topological polar surface area (TPSA) is 49.3 Å². The molecule has 0 bridgehead atoms. The zero-order valence-corrected chi connectivity index (χ0v) is 13.9. The van der Waals surface area contributed by atoms with Crippen LogP contribution in [0.1, 0.15) is 23.2 Å². The van der Waals surface area contributed by atoms with Crippen LogP contribution in [0.3, 0.4) is 0 Å². The average Bonchev–Trinajstić information content (AvgIpc) is 3.30. The summed E-state index contributed by atoms with van der Waals surface area (Å²) in [5, 5.41) is 3.91.